The standard InChI is InChI=1S/C25H28ClN5O3S/c1-17-21-23(27-16-31(24(21)33)15-20(32)29-8-3-2-4-9-29)35-22(17)25(34)30-12-10-28(11-13-30)19-7-5-6-18(26)14-19/h5-7,14,16H,2-4,8-13,15H2,1H3. The van der Waals surface area contributed by atoms with Crippen LogP contribution in [-0.4, -0.2) is 70.4 Å². The van der Waals surface area contributed by atoms with Crippen LogP contribution < -0.4 is 10.5 Å². The maximum absolute atomic E-state index is 13.4. The van der Waals surface area contributed by atoms with E-state index < -0.39 is 0 Å². The highest BCUT2D eigenvalue weighted by molar-refractivity contribution is 7.20. The van der Waals surface area contributed by atoms with Gasteiger partial charge in [-0.3, -0.25) is 19.0 Å². The summed E-state index contributed by atoms with van der Waals surface area (Å²) in [6, 6.07) is 7.73. The molecule has 2 fully saturated rings. The minimum atomic E-state index is -0.265. The molecule has 10 heteroatoms. The molecular weight excluding hydrogens is 486 g/mol. The van der Waals surface area contributed by atoms with E-state index in [1.54, 1.807) is 6.92 Å². The van der Waals surface area contributed by atoms with Gasteiger partial charge in [-0.25, -0.2) is 4.98 Å². The number of carbonyl (C=O) groups is 2. The molecule has 0 N–H and O–H groups in total. The molecule has 184 valence electrons. The van der Waals surface area contributed by atoms with Gasteiger partial charge in [-0.1, -0.05) is 17.7 Å². The minimum absolute atomic E-state index is 0.0220. The van der Waals surface area contributed by atoms with E-state index >= 15 is 0 Å². The summed E-state index contributed by atoms with van der Waals surface area (Å²) in [5, 5.41) is 1.13. The van der Waals surface area contributed by atoms with E-state index in [4.69, 9.17) is 11.6 Å². The molecule has 3 aromatic rings. The number of hydrogen-bond acceptors (Lipinski definition) is 6. The fourth-order valence-electron chi connectivity index (χ4n) is 4.85. The smallest absolute Gasteiger partial charge is 0.264 e. The molecule has 2 amide bonds. The molecule has 2 aromatic heterocycles. The number of thiophene rings is 1. The maximum atomic E-state index is 13.4. The van der Waals surface area contributed by atoms with Crippen molar-refractivity contribution < 1.29 is 9.59 Å². The first-order valence-electron chi connectivity index (χ1n) is 12.0. The lowest BCUT2D eigenvalue weighted by atomic mass is 10.1. The summed E-state index contributed by atoms with van der Waals surface area (Å²) in [4.78, 5) is 50.6. The van der Waals surface area contributed by atoms with Gasteiger partial charge in [-0.05, 0) is 49.9 Å². The topological polar surface area (TPSA) is 78.8 Å². The third-order valence-corrected chi connectivity index (χ3v) is 8.29. The minimum Gasteiger partial charge on any atom is -0.368 e. The Morgan fingerprint density at radius 2 is 1.77 bits per heavy atom. The number of fused-ring (bicyclic) bond motifs is 1. The molecule has 5 rings (SSSR count). The molecule has 8 nitrogen and oxygen atoms in total. The van der Waals surface area contributed by atoms with E-state index in [2.05, 4.69) is 9.88 Å². The van der Waals surface area contributed by atoms with Crippen molar-refractivity contribution >= 4 is 50.7 Å². The first-order valence-corrected chi connectivity index (χ1v) is 13.2. The number of benzene rings is 1. The van der Waals surface area contributed by atoms with E-state index in [0.29, 0.717) is 51.9 Å². The highest BCUT2D eigenvalue weighted by Crippen LogP contribution is 2.29. The molecule has 1 aromatic carbocycles. The van der Waals surface area contributed by atoms with Gasteiger partial charge < -0.3 is 14.7 Å². The fourth-order valence-corrected chi connectivity index (χ4v) is 6.14. The quantitative estimate of drug-likeness (QED) is 0.534. The number of aromatic nitrogens is 2. The van der Waals surface area contributed by atoms with Crippen molar-refractivity contribution in [3.8, 4) is 0 Å². The Morgan fingerprint density at radius 3 is 2.49 bits per heavy atom. The number of halogens is 1. The molecule has 0 unspecified atom stereocenters. The van der Waals surface area contributed by atoms with E-state index in [-0.39, 0.29) is 23.9 Å². The van der Waals surface area contributed by atoms with Gasteiger partial charge in [0.1, 0.15) is 11.4 Å². The molecule has 2 aliphatic heterocycles. The molecule has 0 bridgehead atoms. The Kier molecular flexibility index (Phi) is 6.80. The summed E-state index contributed by atoms with van der Waals surface area (Å²) in [6.45, 7) is 5.84. The Morgan fingerprint density at radius 1 is 1.03 bits per heavy atom. The van der Waals surface area contributed by atoms with E-state index in [1.807, 2.05) is 34.1 Å². The summed E-state index contributed by atoms with van der Waals surface area (Å²) < 4.78 is 1.37. The fraction of sp³-hybridized carbons (Fsp3) is 0.440. The van der Waals surface area contributed by atoms with Crippen LogP contribution in [0.15, 0.2) is 35.4 Å². The number of anilines is 1. The van der Waals surface area contributed by atoms with Crippen LogP contribution in [0.2, 0.25) is 5.02 Å². The van der Waals surface area contributed by atoms with Crippen molar-refractivity contribution in [1.82, 2.24) is 19.4 Å². The van der Waals surface area contributed by atoms with Crippen molar-refractivity contribution in [3.63, 3.8) is 0 Å². The van der Waals surface area contributed by atoms with Gasteiger partial charge in [0.15, 0.2) is 0 Å². The molecule has 35 heavy (non-hydrogen) atoms. The van der Waals surface area contributed by atoms with Gasteiger partial charge in [0.25, 0.3) is 11.5 Å². The van der Waals surface area contributed by atoms with Crippen LogP contribution in [0, 0.1) is 6.92 Å². The van der Waals surface area contributed by atoms with Crippen molar-refractivity contribution in [2.24, 2.45) is 0 Å². The number of hydrogen-bond donors (Lipinski definition) is 0. The number of amides is 2. The summed E-state index contributed by atoms with van der Waals surface area (Å²) in [5.41, 5.74) is 1.43. The van der Waals surface area contributed by atoms with Crippen molar-refractivity contribution in [3.05, 3.63) is 56.4 Å². The Labute approximate surface area is 212 Å². The zero-order valence-electron chi connectivity index (χ0n) is 19.7. The Balaban J connectivity index is 1.32. The molecule has 0 aliphatic carbocycles. The average molecular weight is 514 g/mol. The molecule has 2 saturated heterocycles. The maximum Gasteiger partial charge on any atom is 0.264 e. The number of piperazine rings is 1. The number of carbonyl (C=O) groups excluding carboxylic acids is 2. The predicted octanol–water partition coefficient (Wildman–Crippen LogP) is 3.39. The monoisotopic (exact) mass is 513 g/mol. The van der Waals surface area contributed by atoms with Crippen molar-refractivity contribution in [1.29, 1.82) is 0 Å². The first kappa shape index (κ1) is 23.8. The number of nitrogens with zero attached hydrogens (tertiary/aromatic N) is 5. The molecule has 0 saturated carbocycles. The third-order valence-electron chi connectivity index (χ3n) is 6.87. The lowest BCUT2D eigenvalue weighted by Crippen LogP contribution is -2.48. The molecular formula is C25H28ClN5O3S. The number of likely N-dealkylation sites (tertiary alicyclic amines) is 1. The van der Waals surface area contributed by atoms with Crippen LogP contribution >= 0.6 is 22.9 Å². The Hall–Kier alpha value is -2.91. The van der Waals surface area contributed by atoms with E-state index in [9.17, 15) is 14.4 Å². The summed E-state index contributed by atoms with van der Waals surface area (Å²) in [7, 11) is 0. The molecule has 0 radical (unpaired) electrons. The van der Waals surface area contributed by atoms with Crippen LogP contribution in [0.1, 0.15) is 34.5 Å². The predicted molar refractivity (Wildman–Crippen MR) is 139 cm³/mol. The second kappa shape index (κ2) is 9.99. The number of piperidine rings is 1. The van der Waals surface area contributed by atoms with Gasteiger partial charge in [-0.2, -0.15) is 0 Å². The molecule has 0 spiro atoms. The normalized spacial score (nSPS) is 16.7. The highest BCUT2D eigenvalue weighted by Gasteiger charge is 2.27. The largest absolute Gasteiger partial charge is 0.368 e. The lowest BCUT2D eigenvalue weighted by molar-refractivity contribution is -0.132. The van der Waals surface area contributed by atoms with Gasteiger partial charge in [0.2, 0.25) is 5.91 Å². The van der Waals surface area contributed by atoms with Gasteiger partial charge in [-0.15, -0.1) is 11.3 Å². The second-order valence-electron chi connectivity index (χ2n) is 9.11. The Bertz CT molecular complexity index is 1320. The van der Waals surface area contributed by atoms with Crippen LogP contribution in [0.4, 0.5) is 5.69 Å². The second-order valence-corrected chi connectivity index (χ2v) is 10.6. The van der Waals surface area contributed by atoms with Crippen LogP contribution in [0.3, 0.4) is 0 Å². The SMILES string of the molecule is Cc1c(C(=O)N2CCN(c3cccc(Cl)c3)CC2)sc2ncn(CC(=O)N3CCCCC3)c(=O)c12. The van der Waals surface area contributed by atoms with Gasteiger partial charge in [0.05, 0.1) is 16.6 Å². The van der Waals surface area contributed by atoms with Gasteiger partial charge in [0, 0.05) is 50.0 Å². The molecule has 4 heterocycles. The summed E-state index contributed by atoms with van der Waals surface area (Å²) >= 11 is 7.38. The summed E-state index contributed by atoms with van der Waals surface area (Å²) in [6.07, 6.45) is 4.57. The molecule has 2 aliphatic rings. The molecule has 0 atom stereocenters. The van der Waals surface area contributed by atoms with Crippen LogP contribution in [-0.2, 0) is 11.3 Å². The lowest BCUT2D eigenvalue weighted by Gasteiger charge is -2.36. The highest BCUT2D eigenvalue weighted by atomic mass is 35.5. The zero-order chi connectivity index (χ0) is 24.5. The van der Waals surface area contributed by atoms with Crippen LogP contribution in [0.5, 0.6) is 0 Å². The van der Waals surface area contributed by atoms with Crippen LogP contribution in [0.25, 0.3) is 10.2 Å². The van der Waals surface area contributed by atoms with E-state index in [0.717, 1.165) is 38.0 Å². The van der Waals surface area contributed by atoms with E-state index in [1.165, 1.54) is 22.2 Å². The zero-order valence-corrected chi connectivity index (χ0v) is 21.3. The number of aryl methyl sites for hydroxylation is 1. The van der Waals surface area contributed by atoms with Crippen molar-refractivity contribution in [2.75, 3.05) is 44.2 Å². The van der Waals surface area contributed by atoms with Gasteiger partial charge >= 0.3 is 0 Å². The number of rotatable bonds is 4. The first-order chi connectivity index (χ1) is 16.9. The average Bonchev–Trinajstić information content (AvgIpc) is 3.22. The third kappa shape index (κ3) is 4.79. The summed E-state index contributed by atoms with van der Waals surface area (Å²) in [5.74, 6) is -0.138. The van der Waals surface area contributed by atoms with Crippen molar-refractivity contribution in [2.45, 2.75) is 32.7 Å².